The van der Waals surface area contributed by atoms with Crippen LogP contribution in [0.2, 0.25) is 0 Å². The van der Waals surface area contributed by atoms with Crippen molar-refractivity contribution in [1.29, 1.82) is 0 Å². The smallest absolute Gasteiger partial charge is 0.189 e. The fraction of sp³-hybridized carbons (Fsp3) is 0.333. The molecule has 0 spiro atoms. The Morgan fingerprint density at radius 3 is 2.83 bits per heavy atom. The third kappa shape index (κ3) is 4.15. The first-order valence-electron chi connectivity index (χ1n) is 10.0. The van der Waals surface area contributed by atoms with Crippen molar-refractivity contribution in [2.75, 3.05) is 32.4 Å². The van der Waals surface area contributed by atoms with Gasteiger partial charge in [0.2, 0.25) is 0 Å². The minimum Gasteiger partial charge on any atom is -0.467 e. The van der Waals surface area contributed by atoms with E-state index in [9.17, 15) is 4.79 Å². The van der Waals surface area contributed by atoms with Gasteiger partial charge >= 0.3 is 0 Å². The Bertz CT molecular complexity index is 1010. The minimum absolute atomic E-state index is 0.0128. The van der Waals surface area contributed by atoms with Gasteiger partial charge < -0.3 is 19.5 Å². The second-order valence-electron chi connectivity index (χ2n) is 7.96. The SMILES string of the molecule is COCCOCOc1cc2c(cc1C1C=Nc3ccccc3C1=O)C=CC(C)(C)N2. The summed E-state index contributed by atoms with van der Waals surface area (Å²) in [6.45, 7) is 5.20. The molecule has 4 rings (SSSR count). The molecule has 156 valence electrons. The van der Waals surface area contributed by atoms with Crippen LogP contribution in [0.4, 0.5) is 11.4 Å². The molecule has 2 aliphatic rings. The lowest BCUT2D eigenvalue weighted by molar-refractivity contribution is -0.00887. The highest BCUT2D eigenvalue weighted by atomic mass is 16.7. The molecule has 0 aliphatic carbocycles. The van der Waals surface area contributed by atoms with Gasteiger partial charge in [-0.05, 0) is 37.6 Å². The van der Waals surface area contributed by atoms with Gasteiger partial charge in [0.05, 0.1) is 30.4 Å². The van der Waals surface area contributed by atoms with Crippen molar-refractivity contribution in [2.45, 2.75) is 25.3 Å². The molecule has 6 heteroatoms. The molecule has 0 amide bonds. The molecular formula is C24H26N2O4. The zero-order valence-corrected chi connectivity index (χ0v) is 17.5. The fourth-order valence-corrected chi connectivity index (χ4v) is 3.63. The molecule has 2 heterocycles. The summed E-state index contributed by atoms with van der Waals surface area (Å²) in [7, 11) is 1.62. The Kier molecular flexibility index (Phi) is 5.70. The lowest BCUT2D eigenvalue weighted by Crippen LogP contribution is -2.30. The molecule has 0 radical (unpaired) electrons. The van der Waals surface area contributed by atoms with Crippen LogP contribution in [0.15, 0.2) is 47.5 Å². The molecule has 2 aromatic rings. The monoisotopic (exact) mass is 406 g/mol. The van der Waals surface area contributed by atoms with Gasteiger partial charge in [0.15, 0.2) is 12.6 Å². The van der Waals surface area contributed by atoms with Crippen LogP contribution < -0.4 is 10.1 Å². The van der Waals surface area contributed by atoms with E-state index in [-0.39, 0.29) is 18.1 Å². The van der Waals surface area contributed by atoms with Gasteiger partial charge in [-0.1, -0.05) is 24.3 Å². The highest BCUT2D eigenvalue weighted by molar-refractivity contribution is 6.16. The fourth-order valence-electron chi connectivity index (χ4n) is 3.63. The normalized spacial score (nSPS) is 18.5. The van der Waals surface area contributed by atoms with Crippen molar-refractivity contribution in [3.63, 3.8) is 0 Å². The van der Waals surface area contributed by atoms with E-state index < -0.39 is 5.92 Å². The van der Waals surface area contributed by atoms with E-state index in [0.29, 0.717) is 30.2 Å². The molecule has 1 atom stereocenters. The number of nitrogens with one attached hydrogen (secondary N) is 1. The van der Waals surface area contributed by atoms with Gasteiger partial charge in [-0.25, -0.2) is 0 Å². The molecule has 0 bridgehead atoms. The first-order valence-corrected chi connectivity index (χ1v) is 10.0. The minimum atomic E-state index is -0.512. The average Bonchev–Trinajstić information content (AvgIpc) is 2.73. The number of ketones is 1. The molecule has 6 nitrogen and oxygen atoms in total. The van der Waals surface area contributed by atoms with Crippen molar-refractivity contribution < 1.29 is 19.0 Å². The summed E-state index contributed by atoms with van der Waals surface area (Å²) in [6, 6.07) is 11.4. The Morgan fingerprint density at radius 1 is 1.17 bits per heavy atom. The molecule has 0 aromatic heterocycles. The van der Waals surface area contributed by atoms with Crippen molar-refractivity contribution in [1.82, 2.24) is 0 Å². The number of ether oxygens (including phenoxy) is 3. The van der Waals surface area contributed by atoms with E-state index in [1.165, 1.54) is 0 Å². The standard InChI is InChI=1S/C24H26N2O4/c1-24(2)9-8-16-12-18(19-14-25-20-7-5-4-6-17(20)23(19)27)22(13-21(16)26-24)30-15-29-11-10-28-3/h4-9,12-14,19,26H,10-11,15H2,1-3H3. The predicted molar refractivity (Wildman–Crippen MR) is 118 cm³/mol. The Morgan fingerprint density at radius 2 is 2.00 bits per heavy atom. The third-order valence-corrected chi connectivity index (χ3v) is 5.20. The third-order valence-electron chi connectivity index (χ3n) is 5.20. The van der Waals surface area contributed by atoms with Crippen LogP contribution in [0.1, 0.15) is 41.3 Å². The first-order chi connectivity index (χ1) is 14.5. The molecule has 30 heavy (non-hydrogen) atoms. The molecule has 0 fully saturated rings. The Hall–Kier alpha value is -2.96. The number of aliphatic imine (C=N–C) groups is 1. The van der Waals surface area contributed by atoms with E-state index >= 15 is 0 Å². The number of nitrogens with zero attached hydrogens (tertiary/aromatic N) is 1. The summed E-state index contributed by atoms with van der Waals surface area (Å²) in [5, 5.41) is 3.50. The van der Waals surface area contributed by atoms with Crippen LogP contribution in [0.25, 0.3) is 6.08 Å². The highest BCUT2D eigenvalue weighted by Gasteiger charge is 2.30. The summed E-state index contributed by atoms with van der Waals surface area (Å²) in [4.78, 5) is 17.7. The topological polar surface area (TPSA) is 69.1 Å². The molecular weight excluding hydrogens is 380 g/mol. The number of benzene rings is 2. The molecule has 0 saturated carbocycles. The van der Waals surface area contributed by atoms with Crippen LogP contribution >= 0.6 is 0 Å². The second-order valence-corrected chi connectivity index (χ2v) is 7.96. The lowest BCUT2D eigenvalue weighted by Gasteiger charge is -2.30. The zero-order valence-electron chi connectivity index (χ0n) is 17.5. The Balaban J connectivity index is 1.68. The maximum absolute atomic E-state index is 13.2. The van der Waals surface area contributed by atoms with E-state index in [2.05, 4.69) is 36.3 Å². The van der Waals surface area contributed by atoms with Crippen LogP contribution in [-0.2, 0) is 9.47 Å². The van der Waals surface area contributed by atoms with Gasteiger partial charge in [0.25, 0.3) is 0 Å². The van der Waals surface area contributed by atoms with Crippen LogP contribution in [0, 0.1) is 0 Å². The van der Waals surface area contributed by atoms with E-state index in [0.717, 1.165) is 16.8 Å². The summed E-state index contributed by atoms with van der Waals surface area (Å²) < 4.78 is 16.4. The molecule has 0 saturated heterocycles. The summed E-state index contributed by atoms with van der Waals surface area (Å²) >= 11 is 0. The number of carbonyl (C=O) groups excluding carboxylic acids is 1. The van der Waals surface area contributed by atoms with Crippen molar-refractivity contribution in [3.05, 3.63) is 59.2 Å². The number of para-hydroxylation sites is 1. The number of anilines is 1. The highest BCUT2D eigenvalue weighted by Crippen LogP contribution is 2.40. The van der Waals surface area contributed by atoms with Crippen molar-refractivity contribution >= 4 is 29.4 Å². The van der Waals surface area contributed by atoms with Gasteiger partial charge in [-0.2, -0.15) is 0 Å². The molecule has 2 aromatic carbocycles. The molecule has 1 N–H and O–H groups in total. The zero-order chi connectivity index (χ0) is 21.1. The quantitative estimate of drug-likeness (QED) is 0.538. The lowest BCUT2D eigenvalue weighted by atomic mass is 9.86. The van der Waals surface area contributed by atoms with Crippen molar-refractivity contribution in [3.8, 4) is 5.75 Å². The Labute approximate surface area is 176 Å². The summed E-state index contributed by atoms with van der Waals surface area (Å²) in [6.07, 6.45) is 5.89. The summed E-state index contributed by atoms with van der Waals surface area (Å²) in [5.41, 5.74) is 3.90. The van der Waals surface area contributed by atoms with Crippen LogP contribution in [0.3, 0.4) is 0 Å². The molecule has 2 aliphatic heterocycles. The maximum Gasteiger partial charge on any atom is 0.189 e. The number of hydrogen-bond donors (Lipinski definition) is 1. The number of Topliss-reactive ketones (excluding diaryl/α,β-unsaturated/α-hetero) is 1. The average molecular weight is 406 g/mol. The largest absolute Gasteiger partial charge is 0.467 e. The second kappa shape index (κ2) is 8.42. The van der Waals surface area contributed by atoms with Crippen molar-refractivity contribution in [2.24, 2.45) is 4.99 Å². The molecule has 1 unspecified atom stereocenters. The first kappa shape index (κ1) is 20.3. The maximum atomic E-state index is 13.2. The predicted octanol–water partition coefficient (Wildman–Crippen LogP) is 4.59. The van der Waals surface area contributed by atoms with E-state index in [1.807, 2.05) is 36.4 Å². The van der Waals surface area contributed by atoms with Gasteiger partial charge in [-0.3, -0.25) is 9.79 Å². The van der Waals surface area contributed by atoms with Crippen LogP contribution in [0.5, 0.6) is 5.75 Å². The van der Waals surface area contributed by atoms with E-state index in [4.69, 9.17) is 14.2 Å². The number of methoxy groups -OCH3 is 1. The van der Waals surface area contributed by atoms with E-state index in [1.54, 1.807) is 13.3 Å². The van der Waals surface area contributed by atoms with Gasteiger partial charge in [0.1, 0.15) is 5.75 Å². The number of carbonyl (C=O) groups is 1. The van der Waals surface area contributed by atoms with Gasteiger partial charge in [0, 0.05) is 36.2 Å². The summed E-state index contributed by atoms with van der Waals surface area (Å²) in [5.74, 6) is 0.107. The number of fused-ring (bicyclic) bond motifs is 2. The number of rotatable bonds is 7. The van der Waals surface area contributed by atoms with Crippen LogP contribution in [-0.4, -0.2) is 44.7 Å². The number of hydrogen-bond acceptors (Lipinski definition) is 6. The van der Waals surface area contributed by atoms with Gasteiger partial charge in [-0.15, -0.1) is 0 Å².